The van der Waals surface area contributed by atoms with Crippen LogP contribution in [0.4, 0.5) is 4.39 Å². The summed E-state index contributed by atoms with van der Waals surface area (Å²) < 4.78 is 39.0. The SMILES string of the molecule is CCCS(=O)(=O)N(C)CCCc1ccc2c(c1)C(Cc1ccc(F)cc1)C(N)CC2. The standard InChI is InChI=1S/C24H33FN2O2S/c1-3-15-30(28,29)27(2)14-4-5-18-6-9-20-10-13-24(26)23(22(20)16-18)17-19-7-11-21(25)12-8-19/h6-9,11-12,16,23-24H,3-5,10,13-15,17,26H2,1-2H3. The maximum absolute atomic E-state index is 13.3. The number of fused-ring (bicyclic) bond motifs is 1. The zero-order valence-electron chi connectivity index (χ0n) is 18.0. The van der Waals surface area contributed by atoms with Crippen LogP contribution in [0.3, 0.4) is 0 Å². The molecule has 1 aliphatic rings. The Hall–Kier alpha value is -1.76. The van der Waals surface area contributed by atoms with Crippen LogP contribution in [0, 0.1) is 5.82 Å². The minimum absolute atomic E-state index is 0.0862. The highest BCUT2D eigenvalue weighted by Crippen LogP contribution is 2.34. The second-order valence-electron chi connectivity index (χ2n) is 8.41. The Bertz CT molecular complexity index is 944. The molecular formula is C24H33FN2O2S. The predicted molar refractivity (Wildman–Crippen MR) is 121 cm³/mol. The van der Waals surface area contributed by atoms with Crippen LogP contribution in [0.5, 0.6) is 0 Å². The van der Waals surface area contributed by atoms with Gasteiger partial charge in [-0.3, -0.25) is 0 Å². The van der Waals surface area contributed by atoms with Gasteiger partial charge in [-0.2, -0.15) is 0 Å². The van der Waals surface area contributed by atoms with E-state index >= 15 is 0 Å². The quantitative estimate of drug-likeness (QED) is 0.651. The van der Waals surface area contributed by atoms with Crippen LogP contribution >= 0.6 is 0 Å². The molecule has 0 aromatic heterocycles. The minimum atomic E-state index is -3.14. The fourth-order valence-electron chi connectivity index (χ4n) is 4.32. The van der Waals surface area contributed by atoms with Crippen molar-refractivity contribution in [3.8, 4) is 0 Å². The molecule has 0 spiro atoms. The lowest BCUT2D eigenvalue weighted by Gasteiger charge is -2.32. The Labute approximate surface area is 180 Å². The minimum Gasteiger partial charge on any atom is -0.327 e. The molecule has 0 amide bonds. The summed E-state index contributed by atoms with van der Waals surface area (Å²) >= 11 is 0. The molecule has 6 heteroatoms. The van der Waals surface area contributed by atoms with Crippen molar-refractivity contribution in [1.29, 1.82) is 0 Å². The predicted octanol–water partition coefficient (Wildman–Crippen LogP) is 4.03. The molecule has 0 saturated heterocycles. The highest BCUT2D eigenvalue weighted by molar-refractivity contribution is 7.89. The topological polar surface area (TPSA) is 63.4 Å². The Morgan fingerprint density at radius 2 is 1.83 bits per heavy atom. The normalized spacial score (nSPS) is 19.1. The third-order valence-corrected chi connectivity index (χ3v) is 8.17. The van der Waals surface area contributed by atoms with Crippen molar-refractivity contribution in [3.63, 3.8) is 0 Å². The van der Waals surface area contributed by atoms with Gasteiger partial charge in [0.25, 0.3) is 0 Å². The number of nitrogens with two attached hydrogens (primary N) is 1. The maximum Gasteiger partial charge on any atom is 0.213 e. The molecule has 2 atom stereocenters. The molecule has 2 unspecified atom stereocenters. The summed E-state index contributed by atoms with van der Waals surface area (Å²) in [5.74, 6) is 0.192. The van der Waals surface area contributed by atoms with Crippen LogP contribution in [-0.4, -0.2) is 38.1 Å². The van der Waals surface area contributed by atoms with Crippen molar-refractivity contribution >= 4 is 10.0 Å². The molecule has 0 saturated carbocycles. The van der Waals surface area contributed by atoms with Gasteiger partial charge < -0.3 is 5.73 Å². The number of nitrogens with zero attached hydrogens (tertiary/aromatic N) is 1. The largest absolute Gasteiger partial charge is 0.327 e. The van der Waals surface area contributed by atoms with Crippen molar-refractivity contribution in [2.24, 2.45) is 5.73 Å². The second-order valence-corrected chi connectivity index (χ2v) is 10.6. The fraction of sp³-hybridized carbons (Fsp3) is 0.500. The molecule has 0 heterocycles. The highest BCUT2D eigenvalue weighted by atomic mass is 32.2. The van der Waals surface area contributed by atoms with Gasteiger partial charge in [0.05, 0.1) is 5.75 Å². The summed E-state index contributed by atoms with van der Waals surface area (Å²) in [6.07, 6.45) is 4.99. The van der Waals surface area contributed by atoms with E-state index in [9.17, 15) is 12.8 Å². The van der Waals surface area contributed by atoms with E-state index in [0.717, 1.165) is 37.7 Å². The average Bonchev–Trinajstić information content (AvgIpc) is 2.71. The number of benzene rings is 2. The Morgan fingerprint density at radius 1 is 1.13 bits per heavy atom. The summed E-state index contributed by atoms with van der Waals surface area (Å²) in [7, 11) is -1.48. The van der Waals surface area contributed by atoms with E-state index in [1.54, 1.807) is 7.05 Å². The second kappa shape index (κ2) is 10.0. The third-order valence-electron chi connectivity index (χ3n) is 6.12. The van der Waals surface area contributed by atoms with Gasteiger partial charge in [0.15, 0.2) is 0 Å². The maximum atomic E-state index is 13.3. The molecule has 0 aliphatic heterocycles. The van der Waals surface area contributed by atoms with E-state index in [2.05, 4.69) is 18.2 Å². The molecule has 2 aromatic rings. The summed E-state index contributed by atoms with van der Waals surface area (Å²) in [5, 5.41) is 0. The Morgan fingerprint density at radius 3 is 2.53 bits per heavy atom. The van der Waals surface area contributed by atoms with Gasteiger partial charge >= 0.3 is 0 Å². The van der Waals surface area contributed by atoms with Gasteiger partial charge in [0.1, 0.15) is 5.82 Å². The molecule has 4 nitrogen and oxygen atoms in total. The van der Waals surface area contributed by atoms with Gasteiger partial charge in [-0.15, -0.1) is 0 Å². The number of aryl methyl sites for hydroxylation is 2. The highest BCUT2D eigenvalue weighted by Gasteiger charge is 2.27. The van der Waals surface area contributed by atoms with Gasteiger partial charge in [0.2, 0.25) is 10.0 Å². The van der Waals surface area contributed by atoms with E-state index in [1.165, 1.54) is 33.1 Å². The van der Waals surface area contributed by atoms with Gasteiger partial charge in [-0.05, 0) is 72.9 Å². The molecule has 164 valence electrons. The van der Waals surface area contributed by atoms with E-state index < -0.39 is 10.0 Å². The zero-order chi connectivity index (χ0) is 21.7. The molecule has 0 radical (unpaired) electrons. The Kier molecular flexibility index (Phi) is 7.66. The van der Waals surface area contributed by atoms with Crippen LogP contribution in [0.15, 0.2) is 42.5 Å². The summed E-state index contributed by atoms with van der Waals surface area (Å²) in [6.45, 7) is 2.41. The molecule has 0 bridgehead atoms. The lowest BCUT2D eigenvalue weighted by Crippen LogP contribution is -2.34. The number of halogens is 1. The molecule has 3 rings (SSSR count). The first-order chi connectivity index (χ1) is 14.3. The van der Waals surface area contributed by atoms with E-state index in [1.807, 2.05) is 19.1 Å². The van der Waals surface area contributed by atoms with E-state index in [-0.39, 0.29) is 23.5 Å². The van der Waals surface area contributed by atoms with Crippen LogP contribution in [0.25, 0.3) is 0 Å². The van der Waals surface area contributed by atoms with Crippen molar-refractivity contribution in [1.82, 2.24) is 4.31 Å². The third kappa shape index (κ3) is 5.68. The summed E-state index contributed by atoms with van der Waals surface area (Å²) in [4.78, 5) is 0. The zero-order valence-corrected chi connectivity index (χ0v) is 18.8. The van der Waals surface area contributed by atoms with Gasteiger partial charge in [-0.1, -0.05) is 37.3 Å². The molecule has 0 fully saturated rings. The van der Waals surface area contributed by atoms with Crippen molar-refractivity contribution in [2.75, 3.05) is 19.3 Å². The molecule has 30 heavy (non-hydrogen) atoms. The number of hydrogen-bond acceptors (Lipinski definition) is 3. The number of hydrogen-bond donors (Lipinski definition) is 1. The Balaban J connectivity index is 1.69. The van der Waals surface area contributed by atoms with Crippen LogP contribution in [-0.2, 0) is 29.3 Å². The molecule has 2 aromatic carbocycles. The van der Waals surface area contributed by atoms with Gasteiger partial charge in [-0.25, -0.2) is 17.1 Å². The smallest absolute Gasteiger partial charge is 0.213 e. The first kappa shape index (κ1) is 22.9. The van der Waals surface area contributed by atoms with Crippen LogP contribution in [0.1, 0.15) is 54.4 Å². The summed E-state index contributed by atoms with van der Waals surface area (Å²) in [6, 6.07) is 13.4. The van der Waals surface area contributed by atoms with Crippen LogP contribution in [0.2, 0.25) is 0 Å². The lowest BCUT2D eigenvalue weighted by molar-refractivity contribution is 0.459. The first-order valence-corrected chi connectivity index (χ1v) is 12.5. The fourth-order valence-corrected chi connectivity index (χ4v) is 5.56. The first-order valence-electron chi connectivity index (χ1n) is 10.9. The van der Waals surface area contributed by atoms with Crippen molar-refractivity contribution in [3.05, 3.63) is 70.5 Å². The number of sulfonamides is 1. The molecule has 2 N–H and O–H groups in total. The monoisotopic (exact) mass is 432 g/mol. The molecular weight excluding hydrogens is 399 g/mol. The van der Waals surface area contributed by atoms with E-state index in [0.29, 0.717) is 13.0 Å². The lowest BCUT2D eigenvalue weighted by atomic mass is 9.76. The van der Waals surface area contributed by atoms with E-state index in [4.69, 9.17) is 5.73 Å². The van der Waals surface area contributed by atoms with Gasteiger partial charge in [0, 0.05) is 25.6 Å². The van der Waals surface area contributed by atoms with Crippen LogP contribution < -0.4 is 5.73 Å². The summed E-state index contributed by atoms with van der Waals surface area (Å²) in [5.41, 5.74) is 11.4. The van der Waals surface area contributed by atoms with Crippen molar-refractivity contribution < 1.29 is 12.8 Å². The number of rotatable bonds is 9. The average molecular weight is 433 g/mol. The molecule has 1 aliphatic carbocycles. The van der Waals surface area contributed by atoms with Crippen molar-refractivity contribution in [2.45, 2.75) is 57.4 Å².